The predicted octanol–water partition coefficient (Wildman–Crippen LogP) is 1.52. The molecule has 1 N–H and O–H groups in total. The summed E-state index contributed by atoms with van der Waals surface area (Å²) in [6, 6.07) is 3.82. The molecule has 0 aromatic heterocycles. The van der Waals surface area contributed by atoms with Crippen LogP contribution in [0.2, 0.25) is 0 Å². The lowest BCUT2D eigenvalue weighted by Crippen LogP contribution is -2.22. The molecule has 0 saturated carbocycles. The summed E-state index contributed by atoms with van der Waals surface area (Å²) in [4.78, 5) is 0. The summed E-state index contributed by atoms with van der Waals surface area (Å²) >= 11 is 0. The highest BCUT2D eigenvalue weighted by atomic mass is 32.2. The van der Waals surface area contributed by atoms with Gasteiger partial charge in [-0.2, -0.15) is 0 Å². The zero-order chi connectivity index (χ0) is 13.8. The van der Waals surface area contributed by atoms with E-state index >= 15 is 0 Å². The van der Waals surface area contributed by atoms with Gasteiger partial charge in [0.05, 0.1) is 17.6 Å². The molecule has 0 heterocycles. The van der Waals surface area contributed by atoms with Gasteiger partial charge in [0, 0.05) is 6.07 Å². The van der Waals surface area contributed by atoms with Gasteiger partial charge in [-0.05, 0) is 31.5 Å². The van der Waals surface area contributed by atoms with Gasteiger partial charge in [-0.15, -0.1) is 0 Å². The minimum Gasteiger partial charge on any atom is -0.492 e. The lowest BCUT2D eigenvalue weighted by Gasteiger charge is -2.10. The second-order valence-electron chi connectivity index (χ2n) is 4.22. The van der Waals surface area contributed by atoms with Crippen molar-refractivity contribution in [3.63, 3.8) is 0 Å². The first-order valence-electron chi connectivity index (χ1n) is 5.60. The van der Waals surface area contributed by atoms with Crippen LogP contribution in [0.3, 0.4) is 0 Å². The highest BCUT2D eigenvalue weighted by Crippen LogP contribution is 2.16. The molecule has 0 unspecified atom stereocenters. The van der Waals surface area contributed by atoms with Crippen LogP contribution in [-0.2, 0) is 16.4 Å². The molecule has 0 aliphatic carbocycles. The molecule has 1 aromatic carbocycles. The van der Waals surface area contributed by atoms with Crippen LogP contribution in [0.25, 0.3) is 0 Å². The molecule has 0 spiro atoms. The number of rotatable bonds is 6. The highest BCUT2D eigenvalue weighted by Gasteiger charge is 2.15. The topological polar surface area (TPSA) is 63.6 Å². The van der Waals surface area contributed by atoms with Gasteiger partial charge in [-0.1, -0.05) is 0 Å². The number of benzene rings is 1. The average Bonchev–Trinajstić information content (AvgIpc) is 2.27. The number of halogens is 1. The molecule has 6 heteroatoms. The third-order valence-electron chi connectivity index (χ3n) is 2.47. The largest absolute Gasteiger partial charge is 0.492 e. The van der Waals surface area contributed by atoms with Crippen molar-refractivity contribution in [2.24, 2.45) is 0 Å². The van der Waals surface area contributed by atoms with Gasteiger partial charge < -0.3 is 9.84 Å². The maximum Gasteiger partial charge on any atom is 0.155 e. The normalized spacial score (nSPS) is 11.8. The van der Waals surface area contributed by atoms with E-state index in [9.17, 15) is 12.8 Å². The molecule has 0 amide bonds. The summed E-state index contributed by atoms with van der Waals surface area (Å²) in [6.07, 6.45) is 0. The van der Waals surface area contributed by atoms with E-state index in [1.165, 1.54) is 12.1 Å². The fourth-order valence-electron chi connectivity index (χ4n) is 1.31. The summed E-state index contributed by atoms with van der Waals surface area (Å²) in [5.74, 6) is -0.420. The van der Waals surface area contributed by atoms with Crippen molar-refractivity contribution in [1.82, 2.24) is 0 Å². The lowest BCUT2D eigenvalue weighted by molar-refractivity contribution is 0.279. The summed E-state index contributed by atoms with van der Waals surface area (Å²) in [5, 5.41) is 8.44. The van der Waals surface area contributed by atoms with Crippen LogP contribution in [0, 0.1) is 5.82 Å². The van der Waals surface area contributed by atoms with Crippen LogP contribution in [0.1, 0.15) is 19.4 Å². The van der Waals surface area contributed by atoms with Gasteiger partial charge in [0.2, 0.25) is 0 Å². The fraction of sp³-hybridized carbons (Fsp3) is 0.500. The van der Waals surface area contributed by atoms with Crippen LogP contribution in [0.15, 0.2) is 18.2 Å². The van der Waals surface area contributed by atoms with Gasteiger partial charge in [-0.25, -0.2) is 12.8 Å². The van der Waals surface area contributed by atoms with Crippen molar-refractivity contribution in [3.05, 3.63) is 29.6 Å². The first-order valence-corrected chi connectivity index (χ1v) is 7.31. The van der Waals surface area contributed by atoms with E-state index in [0.717, 1.165) is 6.07 Å². The number of hydrogen-bond acceptors (Lipinski definition) is 4. The first-order chi connectivity index (χ1) is 8.35. The maximum atomic E-state index is 13.1. The van der Waals surface area contributed by atoms with Gasteiger partial charge in [-0.3, -0.25) is 0 Å². The Morgan fingerprint density at radius 2 is 2.00 bits per heavy atom. The van der Waals surface area contributed by atoms with Crippen LogP contribution in [0.5, 0.6) is 5.75 Å². The molecule has 1 rings (SSSR count). The van der Waals surface area contributed by atoms with Crippen LogP contribution < -0.4 is 4.74 Å². The molecule has 0 fully saturated rings. The van der Waals surface area contributed by atoms with Crippen molar-refractivity contribution < 1.29 is 22.7 Å². The molecule has 0 aliphatic heterocycles. The Labute approximate surface area is 106 Å². The van der Waals surface area contributed by atoms with Gasteiger partial charge >= 0.3 is 0 Å². The van der Waals surface area contributed by atoms with Crippen molar-refractivity contribution in [1.29, 1.82) is 0 Å². The predicted molar refractivity (Wildman–Crippen MR) is 66.7 cm³/mol. The molecular weight excluding hydrogens is 259 g/mol. The van der Waals surface area contributed by atoms with Crippen LogP contribution >= 0.6 is 0 Å². The van der Waals surface area contributed by atoms with Crippen LogP contribution in [-0.4, -0.2) is 31.1 Å². The lowest BCUT2D eigenvalue weighted by atomic mass is 10.2. The van der Waals surface area contributed by atoms with E-state index < -0.39 is 20.9 Å². The molecule has 4 nitrogen and oxygen atoms in total. The Morgan fingerprint density at radius 3 is 2.56 bits per heavy atom. The molecule has 0 atom stereocenters. The Bertz CT molecular complexity index is 497. The Hall–Kier alpha value is -1.14. The van der Waals surface area contributed by atoms with E-state index in [-0.39, 0.29) is 24.7 Å². The van der Waals surface area contributed by atoms with E-state index in [1.54, 1.807) is 13.8 Å². The van der Waals surface area contributed by atoms with E-state index in [2.05, 4.69) is 0 Å². The molecule has 0 saturated heterocycles. The standard InChI is InChI=1S/C12H17FO4S/c1-9(2)18(15,16)4-3-17-12-6-10(8-14)5-11(13)7-12/h5-7,9,14H,3-4,8H2,1-2H3. The summed E-state index contributed by atoms with van der Waals surface area (Å²) in [5.41, 5.74) is 0.386. The van der Waals surface area contributed by atoms with Gasteiger partial charge in [0.1, 0.15) is 18.2 Å². The van der Waals surface area contributed by atoms with Crippen molar-refractivity contribution in [3.8, 4) is 5.75 Å². The van der Waals surface area contributed by atoms with E-state index in [4.69, 9.17) is 9.84 Å². The minimum absolute atomic E-state index is 0.0329. The molecule has 0 bridgehead atoms. The smallest absolute Gasteiger partial charge is 0.155 e. The first kappa shape index (κ1) is 14.9. The summed E-state index contributed by atoms with van der Waals surface area (Å²) in [7, 11) is -3.16. The van der Waals surface area contributed by atoms with Crippen molar-refractivity contribution >= 4 is 9.84 Å². The highest BCUT2D eigenvalue weighted by molar-refractivity contribution is 7.91. The number of aliphatic hydroxyl groups is 1. The Kier molecular flexibility index (Phi) is 5.10. The fourth-order valence-corrected chi connectivity index (χ4v) is 2.09. The maximum absolute atomic E-state index is 13.1. The van der Waals surface area contributed by atoms with Crippen molar-refractivity contribution in [2.45, 2.75) is 25.7 Å². The second kappa shape index (κ2) is 6.15. The van der Waals surface area contributed by atoms with Crippen LogP contribution in [0.4, 0.5) is 4.39 Å². The monoisotopic (exact) mass is 276 g/mol. The third kappa shape index (κ3) is 4.27. The molecule has 0 aliphatic rings. The minimum atomic E-state index is -3.16. The quantitative estimate of drug-likeness (QED) is 0.855. The molecule has 1 aromatic rings. The molecule has 102 valence electrons. The number of sulfone groups is 1. The number of aliphatic hydroxyl groups excluding tert-OH is 1. The number of ether oxygens (including phenoxy) is 1. The second-order valence-corrected chi connectivity index (χ2v) is 6.89. The molecule has 0 radical (unpaired) electrons. The Balaban J connectivity index is 2.62. The molecular formula is C12H17FO4S. The summed E-state index contributed by atoms with van der Waals surface area (Å²) < 4.78 is 41.3. The van der Waals surface area contributed by atoms with E-state index in [0.29, 0.717) is 5.56 Å². The third-order valence-corrected chi connectivity index (χ3v) is 4.64. The van der Waals surface area contributed by atoms with Crippen molar-refractivity contribution in [2.75, 3.05) is 12.4 Å². The summed E-state index contributed by atoms with van der Waals surface area (Å²) in [6.45, 7) is 2.87. The van der Waals surface area contributed by atoms with E-state index in [1.807, 2.05) is 0 Å². The van der Waals surface area contributed by atoms with Gasteiger partial charge in [0.25, 0.3) is 0 Å². The number of hydrogen-bond donors (Lipinski definition) is 1. The Morgan fingerprint density at radius 1 is 1.33 bits per heavy atom. The zero-order valence-corrected chi connectivity index (χ0v) is 11.2. The van der Waals surface area contributed by atoms with Gasteiger partial charge in [0.15, 0.2) is 9.84 Å². The molecule has 18 heavy (non-hydrogen) atoms. The SMILES string of the molecule is CC(C)S(=O)(=O)CCOc1cc(F)cc(CO)c1. The zero-order valence-electron chi connectivity index (χ0n) is 10.4. The average molecular weight is 276 g/mol.